The summed E-state index contributed by atoms with van der Waals surface area (Å²) >= 11 is 0. The standard InChI is InChI=1S/C18H25O2/c1-4-5-6-7-11-14-17(15(2)18(19)20-3)16-12-9-8-10-13-16/h2,8-10,12-13,17H,4-7,11,14H2,1,3H3. The molecule has 0 heterocycles. The summed E-state index contributed by atoms with van der Waals surface area (Å²) in [5.41, 5.74) is 1.40. The zero-order valence-corrected chi connectivity index (χ0v) is 12.6. The third-order valence-corrected chi connectivity index (χ3v) is 3.59. The van der Waals surface area contributed by atoms with Crippen molar-refractivity contribution >= 4 is 5.97 Å². The molecule has 0 aliphatic carbocycles. The first-order valence-corrected chi connectivity index (χ1v) is 7.46. The van der Waals surface area contributed by atoms with Gasteiger partial charge in [-0.3, -0.25) is 0 Å². The van der Waals surface area contributed by atoms with Gasteiger partial charge in [0, 0.05) is 11.5 Å². The minimum absolute atomic E-state index is 0.0368. The second-order valence-corrected chi connectivity index (χ2v) is 5.11. The Morgan fingerprint density at radius 1 is 1.15 bits per heavy atom. The maximum atomic E-state index is 11.7. The van der Waals surface area contributed by atoms with Gasteiger partial charge in [0.1, 0.15) is 0 Å². The van der Waals surface area contributed by atoms with Gasteiger partial charge in [0.05, 0.1) is 7.11 Å². The summed E-state index contributed by atoms with van der Waals surface area (Å²) in [6, 6.07) is 9.96. The van der Waals surface area contributed by atoms with Crippen LogP contribution in [0.3, 0.4) is 0 Å². The molecule has 0 aromatic heterocycles. The van der Waals surface area contributed by atoms with Crippen molar-refractivity contribution in [2.24, 2.45) is 0 Å². The van der Waals surface area contributed by atoms with E-state index >= 15 is 0 Å². The quantitative estimate of drug-likeness (QED) is 0.371. The molecule has 0 amide bonds. The second kappa shape index (κ2) is 9.35. The molecule has 2 heteroatoms. The van der Waals surface area contributed by atoms with Crippen molar-refractivity contribution in [3.63, 3.8) is 0 Å². The smallest absolute Gasteiger partial charge is 0.334 e. The average molecular weight is 273 g/mol. The molecule has 20 heavy (non-hydrogen) atoms. The first-order chi connectivity index (χ1) is 9.70. The normalized spacial score (nSPS) is 11.9. The van der Waals surface area contributed by atoms with Crippen molar-refractivity contribution < 1.29 is 9.53 Å². The minimum atomic E-state index is -0.410. The fourth-order valence-electron chi connectivity index (χ4n) is 2.40. The lowest BCUT2D eigenvalue weighted by molar-refractivity contribution is -0.136. The number of carbonyl (C=O) groups is 1. The van der Waals surface area contributed by atoms with Gasteiger partial charge in [0.2, 0.25) is 0 Å². The van der Waals surface area contributed by atoms with Crippen LogP contribution in [-0.2, 0) is 9.53 Å². The minimum Gasteiger partial charge on any atom is -0.466 e. The van der Waals surface area contributed by atoms with Crippen LogP contribution in [0.1, 0.15) is 56.9 Å². The van der Waals surface area contributed by atoms with Gasteiger partial charge in [-0.1, -0.05) is 75.9 Å². The molecular formula is C18H25O2. The van der Waals surface area contributed by atoms with Gasteiger partial charge in [0.25, 0.3) is 0 Å². The van der Waals surface area contributed by atoms with E-state index in [4.69, 9.17) is 11.3 Å². The van der Waals surface area contributed by atoms with E-state index < -0.39 is 5.97 Å². The van der Waals surface area contributed by atoms with Crippen LogP contribution in [0.4, 0.5) is 0 Å². The van der Waals surface area contributed by atoms with E-state index in [1.807, 2.05) is 30.3 Å². The number of carbonyl (C=O) groups excluding carboxylic acids is 1. The van der Waals surface area contributed by atoms with E-state index in [1.54, 1.807) is 0 Å². The summed E-state index contributed by atoms with van der Waals surface area (Å²) in [5.74, 6) is -0.447. The van der Waals surface area contributed by atoms with E-state index in [0.29, 0.717) is 5.57 Å². The number of benzene rings is 1. The maximum Gasteiger partial charge on any atom is 0.334 e. The lowest BCUT2D eigenvalue weighted by Gasteiger charge is -2.18. The van der Waals surface area contributed by atoms with Gasteiger partial charge in [-0.05, 0) is 12.0 Å². The SMILES string of the molecule is [CH]=C(C(=O)OC)C(CCCCCCC)c1ccccc1. The monoisotopic (exact) mass is 273 g/mol. The van der Waals surface area contributed by atoms with Gasteiger partial charge in [-0.25, -0.2) is 4.79 Å². The van der Waals surface area contributed by atoms with Crippen LogP contribution in [0, 0.1) is 6.58 Å². The molecule has 0 fully saturated rings. The van der Waals surface area contributed by atoms with Crippen LogP contribution in [0.15, 0.2) is 35.9 Å². The molecule has 0 aliphatic heterocycles. The lowest BCUT2D eigenvalue weighted by Crippen LogP contribution is -2.12. The number of esters is 1. The molecule has 0 spiro atoms. The molecule has 0 saturated carbocycles. The zero-order valence-electron chi connectivity index (χ0n) is 12.6. The van der Waals surface area contributed by atoms with E-state index in [1.165, 1.54) is 32.8 Å². The highest BCUT2D eigenvalue weighted by Crippen LogP contribution is 2.29. The van der Waals surface area contributed by atoms with E-state index in [9.17, 15) is 4.79 Å². The topological polar surface area (TPSA) is 26.3 Å². The third kappa shape index (κ3) is 5.20. The summed E-state index contributed by atoms with van der Waals surface area (Å²) in [5, 5.41) is 0. The second-order valence-electron chi connectivity index (χ2n) is 5.11. The first kappa shape index (κ1) is 16.5. The van der Waals surface area contributed by atoms with Gasteiger partial charge >= 0.3 is 5.97 Å². The molecule has 1 radical (unpaired) electrons. The molecule has 1 aromatic rings. The Balaban J connectivity index is 2.65. The molecule has 0 N–H and O–H groups in total. The van der Waals surface area contributed by atoms with E-state index in [0.717, 1.165) is 18.4 Å². The van der Waals surface area contributed by atoms with Crippen molar-refractivity contribution in [2.75, 3.05) is 7.11 Å². The Labute approximate surface area is 122 Å². The number of hydrogen-bond donors (Lipinski definition) is 0. The molecule has 0 bridgehead atoms. The number of unbranched alkanes of at least 4 members (excludes halogenated alkanes) is 4. The van der Waals surface area contributed by atoms with Crippen molar-refractivity contribution in [3.8, 4) is 0 Å². The van der Waals surface area contributed by atoms with E-state index in [2.05, 4.69) is 6.92 Å². The lowest BCUT2D eigenvalue weighted by atomic mass is 9.87. The van der Waals surface area contributed by atoms with Crippen LogP contribution in [0.25, 0.3) is 0 Å². The van der Waals surface area contributed by atoms with Crippen LogP contribution in [-0.4, -0.2) is 13.1 Å². The Hall–Kier alpha value is -1.57. The molecule has 1 rings (SSSR count). The molecule has 0 saturated heterocycles. The molecule has 1 unspecified atom stereocenters. The summed E-state index contributed by atoms with van der Waals surface area (Å²) < 4.78 is 4.76. The zero-order chi connectivity index (χ0) is 14.8. The number of methoxy groups -OCH3 is 1. The van der Waals surface area contributed by atoms with Crippen LogP contribution in [0.5, 0.6) is 0 Å². The van der Waals surface area contributed by atoms with E-state index in [-0.39, 0.29) is 5.92 Å². The Morgan fingerprint density at radius 3 is 2.40 bits per heavy atom. The van der Waals surface area contributed by atoms with Crippen molar-refractivity contribution in [1.29, 1.82) is 0 Å². The van der Waals surface area contributed by atoms with Gasteiger partial charge in [-0.15, -0.1) is 0 Å². The number of rotatable bonds is 9. The summed E-state index contributed by atoms with van der Waals surface area (Å²) in [4.78, 5) is 11.7. The number of ether oxygens (including phenoxy) is 1. The summed E-state index contributed by atoms with van der Waals surface area (Å²) in [6.07, 6.45) is 6.92. The maximum absolute atomic E-state index is 11.7. The van der Waals surface area contributed by atoms with Crippen LogP contribution in [0.2, 0.25) is 0 Å². The Bertz CT molecular complexity index is 409. The molecule has 2 nitrogen and oxygen atoms in total. The number of hydrogen-bond acceptors (Lipinski definition) is 2. The highest BCUT2D eigenvalue weighted by molar-refractivity contribution is 5.88. The van der Waals surface area contributed by atoms with Gasteiger partial charge in [0.15, 0.2) is 0 Å². The fourth-order valence-corrected chi connectivity index (χ4v) is 2.40. The predicted molar refractivity (Wildman–Crippen MR) is 82.4 cm³/mol. The molecule has 0 aliphatic rings. The largest absolute Gasteiger partial charge is 0.466 e. The van der Waals surface area contributed by atoms with Crippen LogP contribution < -0.4 is 0 Å². The molecular weight excluding hydrogens is 248 g/mol. The highest BCUT2D eigenvalue weighted by atomic mass is 16.5. The van der Waals surface area contributed by atoms with Gasteiger partial charge in [-0.2, -0.15) is 0 Å². The average Bonchev–Trinajstić information content (AvgIpc) is 2.50. The van der Waals surface area contributed by atoms with Crippen molar-refractivity contribution in [3.05, 3.63) is 48.0 Å². The van der Waals surface area contributed by atoms with Gasteiger partial charge < -0.3 is 4.74 Å². The van der Waals surface area contributed by atoms with Crippen molar-refractivity contribution in [1.82, 2.24) is 0 Å². The van der Waals surface area contributed by atoms with Crippen LogP contribution >= 0.6 is 0 Å². The first-order valence-electron chi connectivity index (χ1n) is 7.46. The Morgan fingerprint density at radius 2 is 1.80 bits per heavy atom. The predicted octanol–water partition coefficient (Wildman–Crippen LogP) is 4.66. The molecule has 109 valence electrons. The Kier molecular flexibility index (Phi) is 7.71. The summed E-state index contributed by atoms with van der Waals surface area (Å²) in [6.45, 7) is 8.19. The molecule has 1 atom stereocenters. The fraction of sp³-hybridized carbons (Fsp3) is 0.500. The third-order valence-electron chi connectivity index (χ3n) is 3.59. The highest BCUT2D eigenvalue weighted by Gasteiger charge is 2.21. The summed E-state index contributed by atoms with van der Waals surface area (Å²) in [7, 11) is 1.37. The molecule has 1 aromatic carbocycles. The van der Waals surface area contributed by atoms with Crippen molar-refractivity contribution in [2.45, 2.75) is 51.4 Å².